The molecule has 0 bridgehead atoms. The zero-order chi connectivity index (χ0) is 17.5. The molecule has 1 aromatic carbocycles. The molecule has 2 rings (SSSR count). The molecule has 5 heteroatoms. The van der Waals surface area contributed by atoms with E-state index in [1.54, 1.807) is 11.3 Å². The average molecular weight is 345 g/mol. The molecule has 0 spiro atoms. The van der Waals surface area contributed by atoms with Crippen molar-refractivity contribution in [3.8, 4) is 0 Å². The number of hydrogen-bond acceptors (Lipinski definition) is 3. The number of rotatable bonds is 8. The summed E-state index contributed by atoms with van der Waals surface area (Å²) >= 11 is 1.77. The summed E-state index contributed by atoms with van der Waals surface area (Å²) in [5, 5.41) is 11.9. The second-order valence-corrected chi connectivity index (χ2v) is 7.40. The van der Waals surface area contributed by atoms with Crippen molar-refractivity contribution in [3.05, 3.63) is 57.3 Å². The number of carboxylic acids is 1. The Bertz CT molecular complexity index is 694. The maximum atomic E-state index is 12.1. The van der Waals surface area contributed by atoms with Gasteiger partial charge in [-0.1, -0.05) is 30.3 Å². The summed E-state index contributed by atoms with van der Waals surface area (Å²) in [6.45, 7) is 4.17. The highest BCUT2D eigenvalue weighted by Gasteiger charge is 2.20. The molecule has 2 N–H and O–H groups in total. The molecule has 0 radical (unpaired) electrons. The van der Waals surface area contributed by atoms with Crippen LogP contribution in [-0.4, -0.2) is 23.0 Å². The van der Waals surface area contributed by atoms with Crippen LogP contribution in [0, 0.1) is 13.8 Å². The zero-order valence-electron chi connectivity index (χ0n) is 14.0. The number of aryl methyl sites for hydroxylation is 3. The standard InChI is InChI=1S/C19H23NO3S/c1-13-11-16(14(2)24-13)9-6-10-18(21)20-17(19(22)23)12-15-7-4-3-5-8-15/h3-5,7-8,11,17H,6,9-10,12H2,1-2H3,(H,20,21)(H,22,23). The van der Waals surface area contributed by atoms with Crippen LogP contribution < -0.4 is 5.32 Å². The molecular weight excluding hydrogens is 322 g/mol. The zero-order valence-corrected chi connectivity index (χ0v) is 14.9. The van der Waals surface area contributed by atoms with Crippen LogP contribution >= 0.6 is 11.3 Å². The van der Waals surface area contributed by atoms with Gasteiger partial charge in [-0.25, -0.2) is 4.79 Å². The first-order valence-electron chi connectivity index (χ1n) is 8.07. The number of amides is 1. The van der Waals surface area contributed by atoms with Gasteiger partial charge < -0.3 is 10.4 Å². The van der Waals surface area contributed by atoms with Gasteiger partial charge in [0.05, 0.1) is 0 Å². The van der Waals surface area contributed by atoms with Crippen molar-refractivity contribution < 1.29 is 14.7 Å². The van der Waals surface area contributed by atoms with E-state index in [-0.39, 0.29) is 5.91 Å². The Morgan fingerprint density at radius 3 is 2.50 bits per heavy atom. The first kappa shape index (κ1) is 18.2. The minimum atomic E-state index is -1.00. The van der Waals surface area contributed by atoms with E-state index in [4.69, 9.17) is 0 Å². The minimum absolute atomic E-state index is 0.206. The third-order valence-corrected chi connectivity index (χ3v) is 4.92. The Hall–Kier alpha value is -2.14. The molecule has 0 aliphatic heterocycles. The summed E-state index contributed by atoms with van der Waals surface area (Å²) in [5.41, 5.74) is 2.18. The number of thiophene rings is 1. The van der Waals surface area contributed by atoms with E-state index in [2.05, 4.69) is 25.2 Å². The summed E-state index contributed by atoms with van der Waals surface area (Å²) in [6, 6.07) is 10.6. The molecule has 0 aliphatic rings. The van der Waals surface area contributed by atoms with Gasteiger partial charge in [0.2, 0.25) is 5.91 Å². The number of aliphatic carboxylic acids is 1. The second-order valence-electron chi connectivity index (χ2n) is 5.94. The lowest BCUT2D eigenvalue weighted by Crippen LogP contribution is -2.42. The normalized spacial score (nSPS) is 11.9. The Morgan fingerprint density at radius 2 is 1.92 bits per heavy atom. The molecule has 2 aromatic rings. The van der Waals surface area contributed by atoms with Crippen LogP contribution in [0.4, 0.5) is 0 Å². The lowest BCUT2D eigenvalue weighted by molar-refractivity contribution is -0.141. The van der Waals surface area contributed by atoms with Gasteiger partial charge in [-0.05, 0) is 43.9 Å². The number of carboxylic acid groups (broad SMARTS) is 1. The maximum absolute atomic E-state index is 12.1. The van der Waals surface area contributed by atoms with Crippen LogP contribution in [0.2, 0.25) is 0 Å². The fourth-order valence-corrected chi connectivity index (χ4v) is 3.66. The smallest absolute Gasteiger partial charge is 0.326 e. The molecule has 0 saturated heterocycles. The second kappa shape index (κ2) is 8.64. The number of nitrogens with one attached hydrogen (secondary N) is 1. The lowest BCUT2D eigenvalue weighted by atomic mass is 10.1. The van der Waals surface area contributed by atoms with Crippen molar-refractivity contribution in [3.63, 3.8) is 0 Å². The van der Waals surface area contributed by atoms with Gasteiger partial charge in [0.15, 0.2) is 0 Å². The monoisotopic (exact) mass is 345 g/mol. The highest BCUT2D eigenvalue weighted by atomic mass is 32.1. The summed E-state index contributed by atoms with van der Waals surface area (Å²) in [6.07, 6.45) is 2.21. The largest absolute Gasteiger partial charge is 0.480 e. The van der Waals surface area contributed by atoms with E-state index in [0.29, 0.717) is 12.8 Å². The Morgan fingerprint density at radius 1 is 1.21 bits per heavy atom. The third-order valence-electron chi connectivity index (χ3n) is 3.91. The maximum Gasteiger partial charge on any atom is 0.326 e. The van der Waals surface area contributed by atoms with Gasteiger partial charge in [0, 0.05) is 22.6 Å². The van der Waals surface area contributed by atoms with Crippen LogP contribution in [-0.2, 0) is 22.4 Å². The fraction of sp³-hybridized carbons (Fsp3) is 0.368. The summed E-state index contributed by atoms with van der Waals surface area (Å²) in [4.78, 5) is 26.0. The highest BCUT2D eigenvalue weighted by molar-refractivity contribution is 7.12. The highest BCUT2D eigenvalue weighted by Crippen LogP contribution is 2.22. The number of benzene rings is 1. The van der Waals surface area contributed by atoms with E-state index in [1.165, 1.54) is 15.3 Å². The third kappa shape index (κ3) is 5.49. The van der Waals surface area contributed by atoms with Crippen molar-refractivity contribution in [1.82, 2.24) is 5.32 Å². The fourth-order valence-electron chi connectivity index (χ4n) is 2.69. The van der Waals surface area contributed by atoms with E-state index in [0.717, 1.165) is 18.4 Å². The molecular formula is C19H23NO3S. The van der Waals surface area contributed by atoms with Crippen LogP contribution in [0.3, 0.4) is 0 Å². The molecule has 1 heterocycles. The average Bonchev–Trinajstić information content (AvgIpc) is 2.85. The summed E-state index contributed by atoms with van der Waals surface area (Å²) < 4.78 is 0. The summed E-state index contributed by atoms with van der Waals surface area (Å²) in [5.74, 6) is -1.21. The van der Waals surface area contributed by atoms with Gasteiger partial charge in [-0.2, -0.15) is 0 Å². The Balaban J connectivity index is 1.82. The summed E-state index contributed by atoms with van der Waals surface area (Å²) in [7, 11) is 0. The SMILES string of the molecule is Cc1cc(CCCC(=O)NC(Cc2ccccc2)C(=O)O)c(C)s1. The van der Waals surface area contributed by atoms with Gasteiger partial charge in [0.1, 0.15) is 6.04 Å². The van der Waals surface area contributed by atoms with Gasteiger partial charge >= 0.3 is 5.97 Å². The van der Waals surface area contributed by atoms with Crippen LogP contribution in [0.25, 0.3) is 0 Å². The molecule has 24 heavy (non-hydrogen) atoms. The van der Waals surface area contributed by atoms with Crippen LogP contribution in [0.15, 0.2) is 36.4 Å². The first-order valence-corrected chi connectivity index (χ1v) is 8.89. The molecule has 1 aromatic heterocycles. The minimum Gasteiger partial charge on any atom is -0.480 e. The quantitative estimate of drug-likeness (QED) is 0.769. The van der Waals surface area contributed by atoms with Crippen LogP contribution in [0.1, 0.15) is 33.7 Å². The van der Waals surface area contributed by atoms with Crippen molar-refractivity contribution in [2.24, 2.45) is 0 Å². The Kier molecular flexibility index (Phi) is 6.55. The van der Waals surface area contributed by atoms with Crippen molar-refractivity contribution >= 4 is 23.2 Å². The predicted octanol–water partition coefficient (Wildman–Crippen LogP) is 3.50. The predicted molar refractivity (Wildman–Crippen MR) is 96.4 cm³/mol. The molecule has 1 atom stereocenters. The molecule has 0 fully saturated rings. The molecule has 128 valence electrons. The molecule has 0 saturated carbocycles. The van der Waals surface area contributed by atoms with Crippen molar-refractivity contribution in [2.45, 2.75) is 45.6 Å². The van der Waals surface area contributed by atoms with Crippen LogP contribution in [0.5, 0.6) is 0 Å². The van der Waals surface area contributed by atoms with E-state index in [9.17, 15) is 14.7 Å². The number of carbonyl (C=O) groups is 2. The van der Waals surface area contributed by atoms with E-state index < -0.39 is 12.0 Å². The Labute approximate surface area is 146 Å². The van der Waals surface area contributed by atoms with Crippen molar-refractivity contribution in [2.75, 3.05) is 0 Å². The molecule has 1 unspecified atom stereocenters. The molecule has 0 aliphatic carbocycles. The van der Waals surface area contributed by atoms with Gasteiger partial charge in [0.25, 0.3) is 0 Å². The van der Waals surface area contributed by atoms with Gasteiger partial charge in [-0.15, -0.1) is 11.3 Å². The van der Waals surface area contributed by atoms with Crippen molar-refractivity contribution in [1.29, 1.82) is 0 Å². The molecule has 1 amide bonds. The topological polar surface area (TPSA) is 66.4 Å². The van der Waals surface area contributed by atoms with Gasteiger partial charge in [-0.3, -0.25) is 4.79 Å². The number of hydrogen-bond donors (Lipinski definition) is 2. The van der Waals surface area contributed by atoms with E-state index in [1.807, 2.05) is 30.3 Å². The molecule has 4 nitrogen and oxygen atoms in total. The first-order chi connectivity index (χ1) is 11.5. The van der Waals surface area contributed by atoms with E-state index >= 15 is 0 Å². The number of carbonyl (C=O) groups excluding carboxylic acids is 1. The lowest BCUT2D eigenvalue weighted by Gasteiger charge is -2.14.